The van der Waals surface area contributed by atoms with E-state index >= 15 is 0 Å². The Morgan fingerprint density at radius 1 is 1.17 bits per heavy atom. The topological polar surface area (TPSA) is 76.2 Å². The fourth-order valence-electron chi connectivity index (χ4n) is 2.31. The lowest BCUT2D eigenvalue weighted by molar-refractivity contribution is 0.475. The summed E-state index contributed by atoms with van der Waals surface area (Å²) >= 11 is 3.16. The van der Waals surface area contributed by atoms with Crippen LogP contribution in [0.4, 0.5) is 0 Å². The number of rotatable bonds is 3. The molecule has 0 spiro atoms. The van der Waals surface area contributed by atoms with Crippen molar-refractivity contribution in [3.05, 3.63) is 40.9 Å². The van der Waals surface area contributed by atoms with E-state index in [1.165, 1.54) is 0 Å². The van der Waals surface area contributed by atoms with E-state index in [-0.39, 0.29) is 5.75 Å². The maximum absolute atomic E-state index is 9.44. The minimum absolute atomic E-state index is 0.248. The summed E-state index contributed by atoms with van der Waals surface area (Å²) in [6.07, 6.45) is 0. The summed E-state index contributed by atoms with van der Waals surface area (Å²) in [7, 11) is 0. The Kier molecular flexibility index (Phi) is 3.85. The highest BCUT2D eigenvalue weighted by molar-refractivity contribution is 7.99. The maximum Gasteiger partial charge on any atom is 0.214 e. The quantitative estimate of drug-likeness (QED) is 0.775. The third kappa shape index (κ3) is 2.71. The molecule has 0 amide bonds. The van der Waals surface area contributed by atoms with Crippen molar-refractivity contribution in [1.82, 2.24) is 19.9 Å². The number of phenolic OH excluding ortho intramolecular Hbond substituents is 1. The summed E-state index contributed by atoms with van der Waals surface area (Å²) in [5, 5.41) is 26.3. The van der Waals surface area contributed by atoms with Gasteiger partial charge in [-0.3, -0.25) is 0 Å². The molecule has 0 fully saturated rings. The molecule has 3 aromatic rings. The fourth-order valence-corrected chi connectivity index (χ4v) is 4.10. The summed E-state index contributed by atoms with van der Waals surface area (Å²) in [6.45, 7) is 4.24. The molecule has 0 unspecified atom stereocenters. The Bertz CT molecular complexity index is 911. The van der Waals surface area contributed by atoms with E-state index in [0.29, 0.717) is 11.7 Å². The SMILES string of the molecule is CC(C)c1csc(-c2nnc3n2N=C(c2ccc(O)cc2)CS3)n1. The van der Waals surface area contributed by atoms with Crippen molar-refractivity contribution in [2.75, 3.05) is 5.75 Å². The maximum atomic E-state index is 9.44. The number of hydrogen-bond acceptors (Lipinski definition) is 7. The van der Waals surface area contributed by atoms with E-state index in [9.17, 15) is 5.11 Å². The molecule has 0 saturated heterocycles. The Hall–Kier alpha value is -2.19. The van der Waals surface area contributed by atoms with E-state index in [0.717, 1.165) is 32.9 Å². The average Bonchev–Trinajstić information content (AvgIpc) is 3.21. The normalized spacial score (nSPS) is 13.9. The minimum atomic E-state index is 0.248. The van der Waals surface area contributed by atoms with Gasteiger partial charge in [0.05, 0.1) is 11.4 Å². The third-order valence-electron chi connectivity index (χ3n) is 3.68. The van der Waals surface area contributed by atoms with Crippen molar-refractivity contribution in [3.63, 3.8) is 0 Å². The standard InChI is InChI=1S/C16H15N5OS2/c1-9(2)12-7-23-15(17-12)14-18-19-16-21(14)20-13(8-24-16)10-3-5-11(22)6-4-10/h3-7,9,22H,8H2,1-2H3. The second-order valence-corrected chi connectivity index (χ2v) is 7.53. The van der Waals surface area contributed by atoms with Crippen LogP contribution in [0.3, 0.4) is 0 Å². The Morgan fingerprint density at radius 2 is 1.96 bits per heavy atom. The van der Waals surface area contributed by atoms with E-state index < -0.39 is 0 Å². The van der Waals surface area contributed by atoms with Crippen LogP contribution in [0.5, 0.6) is 5.75 Å². The molecule has 3 heterocycles. The first-order valence-corrected chi connectivity index (χ1v) is 9.39. The van der Waals surface area contributed by atoms with Gasteiger partial charge in [0.1, 0.15) is 5.75 Å². The lowest BCUT2D eigenvalue weighted by atomic mass is 10.1. The van der Waals surface area contributed by atoms with Crippen LogP contribution in [-0.4, -0.2) is 36.4 Å². The Labute approximate surface area is 147 Å². The van der Waals surface area contributed by atoms with Gasteiger partial charge in [0.25, 0.3) is 0 Å². The number of nitrogens with zero attached hydrogens (tertiary/aromatic N) is 5. The van der Waals surface area contributed by atoms with Gasteiger partial charge in [-0.1, -0.05) is 25.6 Å². The van der Waals surface area contributed by atoms with Crippen LogP contribution in [0.25, 0.3) is 10.8 Å². The molecule has 0 atom stereocenters. The van der Waals surface area contributed by atoms with Gasteiger partial charge in [0, 0.05) is 11.1 Å². The van der Waals surface area contributed by atoms with Crippen LogP contribution in [0, 0.1) is 0 Å². The van der Waals surface area contributed by atoms with Gasteiger partial charge >= 0.3 is 0 Å². The van der Waals surface area contributed by atoms with Crippen LogP contribution in [0.1, 0.15) is 31.0 Å². The molecule has 1 aliphatic rings. The highest BCUT2D eigenvalue weighted by Gasteiger charge is 2.22. The third-order valence-corrected chi connectivity index (χ3v) is 5.46. The van der Waals surface area contributed by atoms with Crippen molar-refractivity contribution in [3.8, 4) is 16.6 Å². The molecule has 1 N–H and O–H groups in total. The van der Waals surface area contributed by atoms with Gasteiger partial charge < -0.3 is 5.11 Å². The summed E-state index contributed by atoms with van der Waals surface area (Å²) in [5.74, 6) is 2.02. The van der Waals surface area contributed by atoms with Gasteiger partial charge in [-0.15, -0.1) is 21.5 Å². The minimum Gasteiger partial charge on any atom is -0.508 e. The molecule has 0 aliphatic carbocycles. The predicted molar refractivity (Wildman–Crippen MR) is 96.0 cm³/mol. The molecule has 24 heavy (non-hydrogen) atoms. The number of fused-ring (bicyclic) bond motifs is 1. The summed E-state index contributed by atoms with van der Waals surface area (Å²) < 4.78 is 1.76. The fraction of sp³-hybridized carbons (Fsp3) is 0.250. The molecule has 6 nitrogen and oxygen atoms in total. The van der Waals surface area contributed by atoms with Gasteiger partial charge in [0.15, 0.2) is 5.01 Å². The molecule has 0 bridgehead atoms. The van der Waals surface area contributed by atoms with Crippen molar-refractivity contribution in [2.45, 2.75) is 24.9 Å². The van der Waals surface area contributed by atoms with E-state index in [4.69, 9.17) is 5.10 Å². The number of aromatic nitrogens is 4. The zero-order valence-corrected chi connectivity index (χ0v) is 14.8. The second-order valence-electron chi connectivity index (χ2n) is 5.73. The van der Waals surface area contributed by atoms with Crippen LogP contribution >= 0.6 is 23.1 Å². The molecular weight excluding hydrogens is 342 g/mol. The summed E-state index contributed by atoms with van der Waals surface area (Å²) in [5.41, 5.74) is 2.96. The molecule has 1 aromatic carbocycles. The zero-order chi connectivity index (χ0) is 16.7. The predicted octanol–water partition coefficient (Wildman–Crippen LogP) is 3.59. The van der Waals surface area contributed by atoms with E-state index in [2.05, 4.69) is 34.4 Å². The smallest absolute Gasteiger partial charge is 0.214 e. The highest BCUT2D eigenvalue weighted by Crippen LogP contribution is 2.31. The summed E-state index contributed by atoms with van der Waals surface area (Å²) in [4.78, 5) is 4.65. The highest BCUT2D eigenvalue weighted by atomic mass is 32.2. The van der Waals surface area contributed by atoms with Gasteiger partial charge in [0.2, 0.25) is 11.0 Å². The first kappa shape index (κ1) is 15.3. The monoisotopic (exact) mass is 357 g/mol. The van der Waals surface area contributed by atoms with Crippen molar-refractivity contribution < 1.29 is 5.11 Å². The molecule has 8 heteroatoms. The number of hydrogen-bond donors (Lipinski definition) is 1. The molecular formula is C16H15N5OS2. The van der Waals surface area contributed by atoms with Gasteiger partial charge in [-0.05, 0) is 35.7 Å². The first-order chi connectivity index (χ1) is 11.6. The molecule has 0 radical (unpaired) electrons. The van der Waals surface area contributed by atoms with Crippen LogP contribution in [0.2, 0.25) is 0 Å². The lowest BCUT2D eigenvalue weighted by Gasteiger charge is -2.13. The van der Waals surface area contributed by atoms with Gasteiger partial charge in [-0.25, -0.2) is 4.98 Å². The van der Waals surface area contributed by atoms with Gasteiger partial charge in [-0.2, -0.15) is 9.78 Å². The van der Waals surface area contributed by atoms with Crippen LogP contribution in [0.15, 0.2) is 39.9 Å². The van der Waals surface area contributed by atoms with E-state index in [1.54, 1.807) is 39.9 Å². The summed E-state index contributed by atoms with van der Waals surface area (Å²) in [6, 6.07) is 7.07. The van der Waals surface area contributed by atoms with Crippen LogP contribution in [-0.2, 0) is 0 Å². The molecule has 0 saturated carbocycles. The van der Waals surface area contributed by atoms with Crippen molar-refractivity contribution in [1.29, 1.82) is 0 Å². The second kappa shape index (κ2) is 6.03. The molecule has 4 rings (SSSR count). The van der Waals surface area contributed by atoms with Crippen molar-refractivity contribution in [2.24, 2.45) is 5.10 Å². The number of thioether (sulfide) groups is 1. The number of benzene rings is 1. The first-order valence-electron chi connectivity index (χ1n) is 7.53. The molecule has 1 aliphatic heterocycles. The Morgan fingerprint density at radius 3 is 2.67 bits per heavy atom. The number of aromatic hydroxyl groups is 1. The zero-order valence-electron chi connectivity index (χ0n) is 13.2. The molecule has 2 aromatic heterocycles. The average molecular weight is 357 g/mol. The Balaban J connectivity index is 1.74. The number of thiazole rings is 1. The number of phenols is 1. The van der Waals surface area contributed by atoms with Crippen molar-refractivity contribution >= 4 is 28.8 Å². The van der Waals surface area contributed by atoms with E-state index in [1.807, 2.05) is 12.1 Å². The largest absolute Gasteiger partial charge is 0.508 e. The lowest BCUT2D eigenvalue weighted by Crippen LogP contribution is -2.13. The van der Waals surface area contributed by atoms with Crippen LogP contribution < -0.4 is 0 Å². The molecule has 122 valence electrons.